The number of halogens is 4. The van der Waals surface area contributed by atoms with Crippen molar-refractivity contribution in [2.24, 2.45) is 0 Å². The largest absolute Gasteiger partial charge is 0.479 e. The molecular formula is C10H8F4N2O3S. The zero-order chi connectivity index (χ0) is 15.1. The van der Waals surface area contributed by atoms with E-state index in [1.54, 1.807) is 0 Å². The molecule has 1 unspecified atom stereocenters. The highest BCUT2D eigenvalue weighted by atomic mass is 32.1. The monoisotopic (exact) mass is 312 g/mol. The van der Waals surface area contributed by atoms with Crippen LogP contribution in [-0.4, -0.2) is 45.6 Å². The Morgan fingerprint density at radius 3 is 2.55 bits per heavy atom. The summed E-state index contributed by atoms with van der Waals surface area (Å²) >= 11 is 0.256. The zero-order valence-electron chi connectivity index (χ0n) is 9.78. The lowest BCUT2D eigenvalue weighted by molar-refractivity contribution is -0.149. The summed E-state index contributed by atoms with van der Waals surface area (Å²) in [6.07, 6.45) is -5.05. The molecule has 1 aliphatic rings. The van der Waals surface area contributed by atoms with Crippen LogP contribution in [0.1, 0.15) is 21.9 Å². The number of carbonyl (C=O) groups is 2. The number of alkyl halides is 4. The third-order valence-electron chi connectivity index (χ3n) is 2.86. The lowest BCUT2D eigenvalue weighted by Gasteiger charge is -2.16. The van der Waals surface area contributed by atoms with E-state index in [2.05, 4.69) is 4.98 Å². The molecule has 20 heavy (non-hydrogen) atoms. The Balaban J connectivity index is 2.14. The van der Waals surface area contributed by atoms with Crippen LogP contribution >= 0.6 is 11.3 Å². The van der Waals surface area contributed by atoms with Crippen LogP contribution in [0.4, 0.5) is 17.6 Å². The molecular weight excluding hydrogens is 304 g/mol. The van der Waals surface area contributed by atoms with Crippen LogP contribution in [0.25, 0.3) is 0 Å². The first kappa shape index (κ1) is 14.7. The topological polar surface area (TPSA) is 70.5 Å². The van der Waals surface area contributed by atoms with Gasteiger partial charge in [-0.15, -0.1) is 11.3 Å². The number of thiazole rings is 1. The van der Waals surface area contributed by atoms with Crippen LogP contribution < -0.4 is 0 Å². The van der Waals surface area contributed by atoms with Crippen LogP contribution in [0.15, 0.2) is 5.38 Å². The fourth-order valence-corrected chi connectivity index (χ4v) is 2.45. The molecule has 0 radical (unpaired) electrons. The molecule has 110 valence electrons. The summed E-state index contributed by atoms with van der Waals surface area (Å²) in [5, 5.41) is 8.42. The summed E-state index contributed by atoms with van der Waals surface area (Å²) in [6.45, 7) is -0.874. The number of likely N-dealkylation sites (tertiary alicyclic amines) is 1. The number of rotatable bonds is 2. The number of hydrogen-bond acceptors (Lipinski definition) is 4. The van der Waals surface area contributed by atoms with Gasteiger partial charge in [0.25, 0.3) is 5.91 Å². The number of aromatic nitrogens is 1. The molecule has 0 aromatic carbocycles. The summed E-state index contributed by atoms with van der Waals surface area (Å²) < 4.78 is 50.8. The predicted octanol–water partition coefficient (Wildman–Crippen LogP) is 1.80. The minimum absolute atomic E-state index is 0.180. The van der Waals surface area contributed by atoms with Crippen LogP contribution in [-0.2, 0) is 11.0 Å². The Labute approximate surface area is 113 Å². The van der Waals surface area contributed by atoms with E-state index in [1.165, 1.54) is 0 Å². The van der Waals surface area contributed by atoms with Crippen molar-refractivity contribution < 1.29 is 32.3 Å². The first-order valence-electron chi connectivity index (χ1n) is 5.38. The van der Waals surface area contributed by atoms with Gasteiger partial charge in [0.05, 0.1) is 6.54 Å². The van der Waals surface area contributed by atoms with E-state index < -0.39 is 47.4 Å². The number of hydrogen-bond donors (Lipinski definition) is 1. The summed E-state index contributed by atoms with van der Waals surface area (Å²) in [4.78, 5) is 26.5. The molecule has 0 saturated carbocycles. The molecule has 2 rings (SSSR count). The summed E-state index contributed by atoms with van der Waals surface area (Å²) in [7, 11) is 0. The van der Waals surface area contributed by atoms with E-state index in [1.807, 2.05) is 0 Å². The molecule has 5 nitrogen and oxygen atoms in total. The van der Waals surface area contributed by atoms with Gasteiger partial charge in [0, 0.05) is 18.3 Å². The SMILES string of the molecule is O=C(c1csc(C(F)(F)F)n1)N1CCC(F)(C(=O)O)C1. The summed E-state index contributed by atoms with van der Waals surface area (Å²) in [6, 6.07) is 0. The fraction of sp³-hybridized carbons (Fsp3) is 0.500. The minimum Gasteiger partial charge on any atom is -0.479 e. The van der Waals surface area contributed by atoms with Gasteiger partial charge in [0.2, 0.25) is 5.67 Å². The van der Waals surface area contributed by atoms with Crippen molar-refractivity contribution in [1.29, 1.82) is 0 Å². The van der Waals surface area contributed by atoms with Crippen LogP contribution in [0, 0.1) is 0 Å². The van der Waals surface area contributed by atoms with E-state index in [0.717, 1.165) is 10.3 Å². The molecule has 1 N–H and O–H groups in total. The highest BCUT2D eigenvalue weighted by molar-refractivity contribution is 7.09. The van der Waals surface area contributed by atoms with E-state index in [-0.39, 0.29) is 17.9 Å². The first-order valence-corrected chi connectivity index (χ1v) is 6.26. The molecule has 0 spiro atoms. The normalized spacial score (nSPS) is 23.1. The fourth-order valence-electron chi connectivity index (χ4n) is 1.78. The third kappa shape index (κ3) is 2.60. The van der Waals surface area contributed by atoms with E-state index in [9.17, 15) is 27.2 Å². The smallest absolute Gasteiger partial charge is 0.443 e. The Hall–Kier alpha value is -1.71. The van der Waals surface area contributed by atoms with Crippen molar-refractivity contribution in [3.8, 4) is 0 Å². The highest BCUT2D eigenvalue weighted by Crippen LogP contribution is 2.33. The molecule has 10 heteroatoms. The van der Waals surface area contributed by atoms with Gasteiger partial charge < -0.3 is 10.0 Å². The van der Waals surface area contributed by atoms with Gasteiger partial charge in [-0.05, 0) is 0 Å². The van der Waals surface area contributed by atoms with Crippen LogP contribution in [0.2, 0.25) is 0 Å². The van der Waals surface area contributed by atoms with Crippen molar-refractivity contribution in [2.75, 3.05) is 13.1 Å². The molecule has 1 aromatic rings. The third-order valence-corrected chi connectivity index (χ3v) is 3.74. The highest BCUT2D eigenvalue weighted by Gasteiger charge is 2.47. The second-order valence-corrected chi connectivity index (χ2v) is 5.14. The van der Waals surface area contributed by atoms with Crippen LogP contribution in [0.5, 0.6) is 0 Å². The average Bonchev–Trinajstić information content (AvgIpc) is 2.94. The number of carboxylic acids is 1. The van der Waals surface area contributed by atoms with Gasteiger partial charge in [-0.3, -0.25) is 4.79 Å². The van der Waals surface area contributed by atoms with Crippen molar-refractivity contribution in [2.45, 2.75) is 18.3 Å². The number of carboxylic acid groups (broad SMARTS) is 1. The molecule has 1 atom stereocenters. The van der Waals surface area contributed by atoms with E-state index in [0.29, 0.717) is 0 Å². The van der Waals surface area contributed by atoms with E-state index >= 15 is 0 Å². The standard InChI is InChI=1S/C10H8F4N2O3S/c11-9(8(18)19)1-2-16(4-9)6(17)5-3-20-7(15-5)10(12,13)14/h3H,1-2,4H2,(H,18,19). The van der Waals surface area contributed by atoms with E-state index in [4.69, 9.17) is 5.11 Å². The first-order chi connectivity index (χ1) is 9.13. The Bertz CT molecular complexity index is 559. The zero-order valence-corrected chi connectivity index (χ0v) is 10.6. The molecule has 1 saturated heterocycles. The second kappa shape index (κ2) is 4.69. The molecule has 0 bridgehead atoms. The van der Waals surface area contributed by atoms with Crippen molar-refractivity contribution >= 4 is 23.2 Å². The number of amides is 1. The maximum Gasteiger partial charge on any atom is 0.443 e. The molecule has 1 amide bonds. The minimum atomic E-state index is -4.65. The van der Waals surface area contributed by atoms with Gasteiger partial charge in [-0.2, -0.15) is 13.2 Å². The molecule has 0 aliphatic carbocycles. The Kier molecular flexibility index (Phi) is 3.44. The quantitative estimate of drug-likeness (QED) is 0.845. The van der Waals surface area contributed by atoms with Crippen molar-refractivity contribution in [3.05, 3.63) is 16.1 Å². The van der Waals surface area contributed by atoms with Crippen molar-refractivity contribution in [1.82, 2.24) is 9.88 Å². The van der Waals surface area contributed by atoms with Gasteiger partial charge >= 0.3 is 12.1 Å². The average molecular weight is 312 g/mol. The predicted molar refractivity (Wildman–Crippen MR) is 59.1 cm³/mol. The summed E-state index contributed by atoms with van der Waals surface area (Å²) in [5.41, 5.74) is -3.02. The number of aliphatic carboxylic acids is 1. The summed E-state index contributed by atoms with van der Waals surface area (Å²) in [5.74, 6) is -2.60. The number of carbonyl (C=O) groups excluding carboxylic acids is 1. The Morgan fingerprint density at radius 1 is 1.45 bits per heavy atom. The van der Waals surface area contributed by atoms with Gasteiger partial charge in [0.1, 0.15) is 5.69 Å². The maximum absolute atomic E-state index is 13.8. The lowest BCUT2D eigenvalue weighted by Crippen LogP contribution is -2.39. The lowest BCUT2D eigenvalue weighted by atomic mass is 10.1. The number of nitrogens with zero attached hydrogens (tertiary/aromatic N) is 2. The molecule has 2 heterocycles. The van der Waals surface area contributed by atoms with Gasteiger partial charge in [-0.25, -0.2) is 14.2 Å². The maximum atomic E-state index is 13.8. The molecule has 1 aliphatic heterocycles. The second-order valence-electron chi connectivity index (χ2n) is 4.28. The molecule has 1 fully saturated rings. The van der Waals surface area contributed by atoms with Gasteiger partial charge in [0.15, 0.2) is 5.01 Å². The Morgan fingerprint density at radius 2 is 2.10 bits per heavy atom. The molecule has 1 aromatic heterocycles. The van der Waals surface area contributed by atoms with Crippen molar-refractivity contribution in [3.63, 3.8) is 0 Å². The van der Waals surface area contributed by atoms with Crippen LogP contribution in [0.3, 0.4) is 0 Å². The van der Waals surface area contributed by atoms with Gasteiger partial charge in [-0.1, -0.05) is 0 Å².